The highest BCUT2D eigenvalue weighted by Gasteiger charge is 2.53. The minimum atomic E-state index is -0.969. The van der Waals surface area contributed by atoms with Gasteiger partial charge in [0, 0.05) is 35.5 Å². The van der Waals surface area contributed by atoms with Crippen LogP contribution in [0.2, 0.25) is 0 Å². The first-order valence-corrected chi connectivity index (χ1v) is 13.6. The van der Waals surface area contributed by atoms with Crippen LogP contribution in [0.4, 0.5) is 5.69 Å². The molecule has 1 aromatic rings. The van der Waals surface area contributed by atoms with Crippen LogP contribution in [0.1, 0.15) is 79.2 Å². The Hall–Kier alpha value is -3.40. The second-order valence-electron chi connectivity index (χ2n) is 12.2. The van der Waals surface area contributed by atoms with E-state index in [1.807, 2.05) is 51.1 Å². The summed E-state index contributed by atoms with van der Waals surface area (Å²) in [6, 6.07) is 6.23. The third kappa shape index (κ3) is 6.35. The Kier molecular flexibility index (Phi) is 9.19. The zero-order valence-corrected chi connectivity index (χ0v) is 23.8. The van der Waals surface area contributed by atoms with Crippen molar-refractivity contribution in [2.24, 2.45) is 10.4 Å². The van der Waals surface area contributed by atoms with Crippen molar-refractivity contribution in [1.29, 1.82) is 5.26 Å². The number of anilines is 1. The van der Waals surface area contributed by atoms with Crippen LogP contribution < -0.4 is 10.2 Å². The molecular formula is C31H43N5O2. The maximum atomic E-state index is 14.4. The van der Waals surface area contributed by atoms with E-state index in [9.17, 15) is 14.9 Å². The summed E-state index contributed by atoms with van der Waals surface area (Å²) in [5, 5.41) is 13.0. The Morgan fingerprint density at radius 1 is 1.21 bits per heavy atom. The maximum Gasteiger partial charge on any atom is 0.252 e. The smallest absolute Gasteiger partial charge is 0.252 e. The molecule has 1 aliphatic heterocycles. The molecule has 2 unspecified atom stereocenters. The van der Waals surface area contributed by atoms with Crippen molar-refractivity contribution in [2.75, 3.05) is 11.4 Å². The summed E-state index contributed by atoms with van der Waals surface area (Å²) in [5.74, 6) is -0.534. The van der Waals surface area contributed by atoms with Crippen LogP contribution in [-0.2, 0) is 15.0 Å². The van der Waals surface area contributed by atoms with Gasteiger partial charge in [-0.15, -0.1) is 0 Å². The van der Waals surface area contributed by atoms with Gasteiger partial charge in [0.25, 0.3) is 5.91 Å². The first-order valence-electron chi connectivity index (χ1n) is 13.6. The van der Waals surface area contributed by atoms with Crippen molar-refractivity contribution in [3.05, 3.63) is 53.8 Å². The molecule has 0 aromatic heterocycles. The van der Waals surface area contributed by atoms with E-state index in [1.54, 1.807) is 17.2 Å². The molecule has 1 N–H and O–H groups in total. The maximum absolute atomic E-state index is 14.4. The molecule has 3 rings (SSSR count). The van der Waals surface area contributed by atoms with Crippen molar-refractivity contribution in [3.63, 3.8) is 0 Å². The lowest BCUT2D eigenvalue weighted by atomic mass is 9.74. The first kappa shape index (κ1) is 29.2. The number of aliphatic imine (C=N–C) groups is 1. The molecule has 2 aliphatic rings. The van der Waals surface area contributed by atoms with E-state index in [-0.39, 0.29) is 23.3 Å². The highest BCUT2D eigenvalue weighted by Crippen LogP contribution is 2.39. The lowest BCUT2D eigenvalue weighted by molar-refractivity contribution is -0.137. The number of carbonyl (C=O) groups excluding carboxylic acids is 2. The lowest BCUT2D eigenvalue weighted by Gasteiger charge is -2.52. The van der Waals surface area contributed by atoms with E-state index in [0.29, 0.717) is 17.8 Å². The number of rotatable bonds is 8. The largest absolute Gasteiger partial charge is 0.351 e. The fraction of sp³-hybridized carbons (Fsp3) is 0.548. The van der Waals surface area contributed by atoms with Gasteiger partial charge in [0.15, 0.2) is 6.19 Å². The van der Waals surface area contributed by atoms with Crippen molar-refractivity contribution < 1.29 is 9.59 Å². The number of benzene rings is 1. The van der Waals surface area contributed by atoms with Crippen molar-refractivity contribution in [1.82, 2.24) is 10.2 Å². The van der Waals surface area contributed by atoms with E-state index in [4.69, 9.17) is 0 Å². The molecule has 1 aliphatic carbocycles. The van der Waals surface area contributed by atoms with E-state index in [0.717, 1.165) is 31.2 Å². The number of nitrogens with zero attached hydrogens (tertiary/aromatic N) is 4. The van der Waals surface area contributed by atoms with E-state index in [2.05, 4.69) is 44.0 Å². The molecule has 2 atom stereocenters. The molecule has 204 valence electrons. The number of amides is 2. The zero-order chi connectivity index (χ0) is 28.1. The molecule has 0 spiro atoms. The Morgan fingerprint density at radius 3 is 2.34 bits per heavy atom. The molecular weight excluding hydrogens is 474 g/mol. The van der Waals surface area contributed by atoms with Gasteiger partial charge in [0.2, 0.25) is 5.91 Å². The highest BCUT2D eigenvalue weighted by molar-refractivity contribution is 6.06. The molecule has 2 fully saturated rings. The van der Waals surface area contributed by atoms with E-state index in [1.165, 1.54) is 11.3 Å². The van der Waals surface area contributed by atoms with Gasteiger partial charge in [-0.25, -0.2) is 0 Å². The van der Waals surface area contributed by atoms with Gasteiger partial charge in [-0.05, 0) is 49.6 Å². The SMILES string of the molecule is C=N/C=C(\C=C/C)C(C(=O)NC1CCCCC1)N(C(=O)C1N(C#N)CC1(C)C)c1ccc(C(C)(C)C)cc1. The third-order valence-corrected chi connectivity index (χ3v) is 7.61. The number of carbonyl (C=O) groups is 2. The molecule has 1 saturated heterocycles. The van der Waals surface area contributed by atoms with Gasteiger partial charge >= 0.3 is 0 Å². The highest BCUT2D eigenvalue weighted by atomic mass is 16.2. The predicted octanol–water partition coefficient (Wildman–Crippen LogP) is 5.49. The Morgan fingerprint density at radius 2 is 1.84 bits per heavy atom. The Balaban J connectivity index is 2.16. The second kappa shape index (κ2) is 12.0. The van der Waals surface area contributed by atoms with Gasteiger partial charge in [-0.2, -0.15) is 5.26 Å². The Bertz CT molecular complexity index is 1110. The van der Waals surface area contributed by atoms with E-state index < -0.39 is 17.5 Å². The van der Waals surface area contributed by atoms with Crippen LogP contribution in [0.25, 0.3) is 0 Å². The number of hydrogen-bond acceptors (Lipinski definition) is 5. The molecule has 2 amide bonds. The quantitative estimate of drug-likeness (QED) is 0.281. The van der Waals surface area contributed by atoms with Gasteiger partial charge in [-0.3, -0.25) is 24.4 Å². The van der Waals surface area contributed by atoms with Gasteiger partial charge in [0.1, 0.15) is 12.1 Å². The summed E-state index contributed by atoms with van der Waals surface area (Å²) in [4.78, 5) is 35.5. The minimum Gasteiger partial charge on any atom is -0.351 e. The fourth-order valence-electron chi connectivity index (χ4n) is 5.59. The standard InChI is InChI=1S/C31H43N5O2/c1-8-12-22(19-33-7)26(28(37)34-24-13-10-9-11-14-24)36(25-17-15-23(16-18-25)30(2,3)4)29(38)27-31(5,6)20-35(27)21-32/h8,12,15-19,24,26-27H,7,9-11,13-14,20H2,1-6H3,(H,34,37)/b12-8-,22-19+. The number of nitrogens with one attached hydrogen (secondary N) is 1. The second-order valence-corrected chi connectivity index (χ2v) is 12.2. The summed E-state index contributed by atoms with van der Waals surface area (Å²) in [5.41, 5.74) is 1.80. The molecule has 0 radical (unpaired) electrons. The third-order valence-electron chi connectivity index (χ3n) is 7.61. The van der Waals surface area contributed by atoms with Crippen LogP contribution in [0.5, 0.6) is 0 Å². The van der Waals surface area contributed by atoms with Crippen LogP contribution in [0.15, 0.2) is 53.2 Å². The predicted molar refractivity (Wildman–Crippen MR) is 154 cm³/mol. The molecule has 7 heteroatoms. The Labute approximate surface area is 228 Å². The van der Waals surface area contributed by atoms with Crippen molar-refractivity contribution in [3.8, 4) is 6.19 Å². The monoisotopic (exact) mass is 517 g/mol. The number of allylic oxidation sites excluding steroid dienone is 1. The van der Waals surface area contributed by atoms with Crippen LogP contribution in [-0.4, -0.2) is 48.1 Å². The zero-order valence-electron chi connectivity index (χ0n) is 23.8. The summed E-state index contributed by atoms with van der Waals surface area (Å²) < 4.78 is 0. The molecule has 38 heavy (non-hydrogen) atoms. The first-order chi connectivity index (χ1) is 17.9. The van der Waals surface area contributed by atoms with Crippen LogP contribution in [0, 0.1) is 16.9 Å². The molecule has 7 nitrogen and oxygen atoms in total. The normalized spacial score (nSPS) is 20.8. The van der Waals surface area contributed by atoms with E-state index >= 15 is 0 Å². The van der Waals surface area contributed by atoms with Crippen molar-refractivity contribution >= 4 is 24.2 Å². The minimum absolute atomic E-state index is 0.0678. The van der Waals surface area contributed by atoms with Crippen LogP contribution in [0.3, 0.4) is 0 Å². The summed E-state index contributed by atoms with van der Waals surface area (Å²) in [6.45, 7) is 16.3. The van der Waals surface area contributed by atoms with Gasteiger partial charge < -0.3 is 5.32 Å². The lowest BCUT2D eigenvalue weighted by Crippen LogP contribution is -2.68. The summed E-state index contributed by atoms with van der Waals surface area (Å²) >= 11 is 0. The molecule has 1 aromatic carbocycles. The topological polar surface area (TPSA) is 88.8 Å². The van der Waals surface area contributed by atoms with Crippen LogP contribution >= 0.6 is 0 Å². The molecule has 1 saturated carbocycles. The van der Waals surface area contributed by atoms with Crippen molar-refractivity contribution in [2.45, 2.75) is 97.2 Å². The summed E-state index contributed by atoms with van der Waals surface area (Å²) in [7, 11) is 0. The average molecular weight is 518 g/mol. The molecule has 0 bridgehead atoms. The summed E-state index contributed by atoms with van der Waals surface area (Å²) in [6.07, 6.45) is 12.5. The number of likely N-dealkylation sites (tertiary alicyclic amines) is 1. The average Bonchev–Trinajstić information content (AvgIpc) is 2.85. The van der Waals surface area contributed by atoms with Gasteiger partial charge in [0.05, 0.1) is 0 Å². The van der Waals surface area contributed by atoms with Gasteiger partial charge in [-0.1, -0.05) is 78.2 Å². The number of nitriles is 1. The number of hydrogen-bond donors (Lipinski definition) is 1. The molecule has 1 heterocycles. The fourth-order valence-corrected chi connectivity index (χ4v) is 5.59.